The summed E-state index contributed by atoms with van der Waals surface area (Å²) in [6.07, 6.45) is 3.43. The molecule has 3 nitrogen and oxygen atoms in total. The molecule has 21 heavy (non-hydrogen) atoms. The van der Waals surface area contributed by atoms with Crippen molar-refractivity contribution >= 4 is 17.5 Å². The van der Waals surface area contributed by atoms with Crippen LogP contribution in [0.5, 0.6) is 0 Å². The summed E-state index contributed by atoms with van der Waals surface area (Å²) in [5.41, 5.74) is 3.00. The van der Waals surface area contributed by atoms with E-state index in [0.29, 0.717) is 5.75 Å². The molecular formula is C17H14N2OS. The number of carbonyl (C=O) groups excluding carboxylic acids is 1. The minimum absolute atomic E-state index is 0.107. The van der Waals surface area contributed by atoms with Gasteiger partial charge >= 0.3 is 0 Å². The van der Waals surface area contributed by atoms with Gasteiger partial charge < -0.3 is 4.98 Å². The molecule has 3 aromatic rings. The summed E-state index contributed by atoms with van der Waals surface area (Å²) in [6, 6.07) is 17.9. The van der Waals surface area contributed by atoms with E-state index < -0.39 is 0 Å². The topological polar surface area (TPSA) is 45.8 Å². The van der Waals surface area contributed by atoms with Gasteiger partial charge in [-0.3, -0.25) is 4.79 Å². The van der Waals surface area contributed by atoms with Crippen LogP contribution in [0.15, 0.2) is 72.1 Å². The van der Waals surface area contributed by atoms with Crippen molar-refractivity contribution in [3.05, 3.63) is 72.6 Å². The lowest BCUT2D eigenvalue weighted by Gasteiger charge is -2.03. The Morgan fingerprint density at radius 3 is 2.38 bits per heavy atom. The summed E-state index contributed by atoms with van der Waals surface area (Å²) in [5.74, 6) is 0.495. The van der Waals surface area contributed by atoms with E-state index in [-0.39, 0.29) is 5.78 Å². The van der Waals surface area contributed by atoms with E-state index in [1.54, 1.807) is 12.4 Å². The molecule has 0 aliphatic heterocycles. The highest BCUT2D eigenvalue weighted by molar-refractivity contribution is 7.99. The number of thioether (sulfide) groups is 1. The highest BCUT2D eigenvalue weighted by Crippen LogP contribution is 2.20. The van der Waals surface area contributed by atoms with Crippen LogP contribution in [0.3, 0.4) is 0 Å². The minimum atomic E-state index is 0.107. The van der Waals surface area contributed by atoms with Crippen LogP contribution in [0.25, 0.3) is 11.1 Å². The number of nitrogens with one attached hydrogen (secondary N) is 1. The highest BCUT2D eigenvalue weighted by Gasteiger charge is 2.08. The van der Waals surface area contributed by atoms with E-state index in [1.807, 2.05) is 42.5 Å². The molecule has 0 amide bonds. The predicted octanol–water partition coefficient (Wildman–Crippen LogP) is 4.05. The molecule has 1 N–H and O–H groups in total. The molecule has 0 radical (unpaired) electrons. The van der Waals surface area contributed by atoms with Gasteiger partial charge in [0.2, 0.25) is 0 Å². The summed E-state index contributed by atoms with van der Waals surface area (Å²) < 4.78 is 0. The number of nitrogens with zero attached hydrogens (tertiary/aromatic N) is 1. The molecule has 1 aromatic heterocycles. The molecule has 0 saturated carbocycles. The van der Waals surface area contributed by atoms with E-state index in [1.165, 1.54) is 11.8 Å². The van der Waals surface area contributed by atoms with Gasteiger partial charge in [0, 0.05) is 18.0 Å². The number of ketones is 1. The van der Waals surface area contributed by atoms with E-state index >= 15 is 0 Å². The maximum Gasteiger partial charge on any atom is 0.173 e. The number of benzene rings is 2. The average molecular weight is 294 g/mol. The Labute approximate surface area is 127 Å². The van der Waals surface area contributed by atoms with Gasteiger partial charge in [0.05, 0.1) is 5.75 Å². The summed E-state index contributed by atoms with van der Waals surface area (Å²) in [6.45, 7) is 0. The fourth-order valence-electron chi connectivity index (χ4n) is 2.03. The van der Waals surface area contributed by atoms with Gasteiger partial charge in [0.1, 0.15) is 0 Å². The van der Waals surface area contributed by atoms with Gasteiger partial charge in [-0.1, -0.05) is 66.4 Å². The largest absolute Gasteiger partial charge is 0.340 e. The van der Waals surface area contributed by atoms with Gasteiger partial charge in [0.25, 0.3) is 0 Å². The van der Waals surface area contributed by atoms with E-state index in [2.05, 4.69) is 22.1 Å². The molecule has 0 saturated heterocycles. The van der Waals surface area contributed by atoms with E-state index in [0.717, 1.165) is 21.8 Å². The Bertz CT molecular complexity index is 706. The lowest BCUT2D eigenvalue weighted by molar-refractivity contribution is 0.102. The molecule has 0 aliphatic carbocycles. The zero-order valence-electron chi connectivity index (χ0n) is 11.3. The van der Waals surface area contributed by atoms with Gasteiger partial charge in [-0.2, -0.15) is 0 Å². The minimum Gasteiger partial charge on any atom is -0.340 e. The molecule has 0 fully saturated rings. The van der Waals surface area contributed by atoms with Gasteiger partial charge in [0.15, 0.2) is 10.9 Å². The number of aromatic nitrogens is 2. The number of H-pyrrole nitrogens is 1. The third-order valence-electron chi connectivity index (χ3n) is 3.13. The van der Waals surface area contributed by atoms with Crippen LogP contribution in [0.2, 0.25) is 0 Å². The Morgan fingerprint density at radius 1 is 1.00 bits per heavy atom. The molecule has 0 bridgehead atoms. The second kappa shape index (κ2) is 6.41. The van der Waals surface area contributed by atoms with Crippen LogP contribution in [-0.2, 0) is 0 Å². The first-order valence-electron chi connectivity index (χ1n) is 6.64. The van der Waals surface area contributed by atoms with Crippen LogP contribution in [0, 0.1) is 0 Å². The fourth-order valence-corrected chi connectivity index (χ4v) is 2.75. The van der Waals surface area contributed by atoms with Crippen molar-refractivity contribution in [1.29, 1.82) is 0 Å². The molecule has 0 aliphatic rings. The molecule has 104 valence electrons. The Balaban J connectivity index is 1.67. The second-order valence-electron chi connectivity index (χ2n) is 4.55. The zero-order chi connectivity index (χ0) is 14.5. The molecule has 0 unspecified atom stereocenters. The van der Waals surface area contributed by atoms with Crippen molar-refractivity contribution in [2.24, 2.45) is 0 Å². The number of imidazole rings is 1. The molecular weight excluding hydrogens is 280 g/mol. The Kier molecular flexibility index (Phi) is 4.17. The second-order valence-corrected chi connectivity index (χ2v) is 5.51. The lowest BCUT2D eigenvalue weighted by Crippen LogP contribution is -2.02. The maximum atomic E-state index is 12.1. The molecule has 1 heterocycles. The number of aromatic amines is 1. The lowest BCUT2D eigenvalue weighted by atomic mass is 10.0. The first kappa shape index (κ1) is 13.6. The number of carbonyl (C=O) groups is 1. The predicted molar refractivity (Wildman–Crippen MR) is 85.5 cm³/mol. The SMILES string of the molecule is O=C(CSc1ncc[nH]1)c1ccc(-c2ccccc2)cc1. The van der Waals surface area contributed by atoms with Crippen LogP contribution < -0.4 is 0 Å². The van der Waals surface area contributed by atoms with Crippen molar-refractivity contribution in [2.45, 2.75) is 5.16 Å². The number of hydrogen-bond acceptors (Lipinski definition) is 3. The number of hydrogen-bond donors (Lipinski definition) is 1. The first-order chi connectivity index (χ1) is 10.3. The van der Waals surface area contributed by atoms with Crippen LogP contribution >= 0.6 is 11.8 Å². The smallest absolute Gasteiger partial charge is 0.173 e. The van der Waals surface area contributed by atoms with E-state index in [9.17, 15) is 4.79 Å². The molecule has 3 rings (SSSR count). The first-order valence-corrected chi connectivity index (χ1v) is 7.62. The molecule has 0 atom stereocenters. The van der Waals surface area contributed by atoms with Crippen molar-refractivity contribution < 1.29 is 4.79 Å². The maximum absolute atomic E-state index is 12.1. The fraction of sp³-hybridized carbons (Fsp3) is 0.0588. The van der Waals surface area contributed by atoms with Gasteiger partial charge in [-0.25, -0.2) is 4.98 Å². The summed E-state index contributed by atoms with van der Waals surface area (Å²) in [5, 5.41) is 0.768. The summed E-state index contributed by atoms with van der Waals surface area (Å²) in [7, 11) is 0. The third kappa shape index (κ3) is 3.41. The van der Waals surface area contributed by atoms with Crippen LogP contribution in [0.4, 0.5) is 0 Å². The van der Waals surface area contributed by atoms with E-state index in [4.69, 9.17) is 0 Å². The number of rotatable bonds is 5. The van der Waals surface area contributed by atoms with Gasteiger partial charge in [-0.15, -0.1) is 0 Å². The summed E-state index contributed by atoms with van der Waals surface area (Å²) >= 11 is 1.41. The average Bonchev–Trinajstić information content (AvgIpc) is 3.07. The normalized spacial score (nSPS) is 10.5. The van der Waals surface area contributed by atoms with Crippen molar-refractivity contribution in [3.8, 4) is 11.1 Å². The Morgan fingerprint density at radius 2 is 1.71 bits per heavy atom. The van der Waals surface area contributed by atoms with Crippen LogP contribution in [0.1, 0.15) is 10.4 Å². The standard InChI is InChI=1S/C17H14N2OS/c20-16(12-21-17-18-10-11-19-17)15-8-6-14(7-9-15)13-4-2-1-3-5-13/h1-11H,12H2,(H,18,19). The van der Waals surface area contributed by atoms with Gasteiger partial charge in [-0.05, 0) is 11.1 Å². The highest BCUT2D eigenvalue weighted by atomic mass is 32.2. The zero-order valence-corrected chi connectivity index (χ0v) is 12.1. The van der Waals surface area contributed by atoms with Crippen molar-refractivity contribution in [1.82, 2.24) is 9.97 Å². The quantitative estimate of drug-likeness (QED) is 0.570. The molecule has 0 spiro atoms. The summed E-state index contributed by atoms with van der Waals surface area (Å²) in [4.78, 5) is 19.2. The monoisotopic (exact) mass is 294 g/mol. The Hall–Kier alpha value is -2.33. The van der Waals surface area contributed by atoms with Crippen molar-refractivity contribution in [3.63, 3.8) is 0 Å². The van der Waals surface area contributed by atoms with Crippen molar-refractivity contribution in [2.75, 3.05) is 5.75 Å². The number of Topliss-reactive ketones (excluding diaryl/α,β-unsaturated/α-hetero) is 1. The molecule has 4 heteroatoms. The van der Waals surface area contributed by atoms with Crippen LogP contribution in [-0.4, -0.2) is 21.5 Å². The third-order valence-corrected chi connectivity index (χ3v) is 4.03. The molecule has 2 aromatic carbocycles.